The van der Waals surface area contributed by atoms with E-state index in [-0.39, 0.29) is 16.3 Å². The summed E-state index contributed by atoms with van der Waals surface area (Å²) in [7, 11) is 0. The topological polar surface area (TPSA) is 76.4 Å². The number of pyridine rings is 1. The highest BCUT2D eigenvalue weighted by molar-refractivity contribution is 6.42. The quantitative estimate of drug-likeness (QED) is 0.826. The fourth-order valence-corrected chi connectivity index (χ4v) is 3.08. The van der Waals surface area contributed by atoms with Crippen LogP contribution in [0, 0.1) is 6.92 Å². The Kier molecular flexibility index (Phi) is 5.16. The number of carboxylic acid groups (broad SMARTS) is 1. The van der Waals surface area contributed by atoms with Gasteiger partial charge in [-0.15, -0.1) is 0 Å². The van der Waals surface area contributed by atoms with Gasteiger partial charge in [-0.2, -0.15) is 0 Å². The van der Waals surface area contributed by atoms with Crippen LogP contribution in [0.3, 0.4) is 0 Å². The van der Waals surface area contributed by atoms with E-state index < -0.39 is 22.7 Å². The second kappa shape index (κ2) is 6.79. The monoisotopic (exact) mass is 367 g/mol. The first-order chi connectivity index (χ1) is 11.2. The van der Waals surface area contributed by atoms with Crippen LogP contribution >= 0.6 is 23.2 Å². The first-order valence-electron chi connectivity index (χ1n) is 7.17. The average molecular weight is 368 g/mol. The molecule has 0 saturated heterocycles. The lowest BCUT2D eigenvalue weighted by atomic mass is 9.98. The molecule has 126 valence electrons. The number of rotatable bonds is 4. The van der Waals surface area contributed by atoms with Crippen LogP contribution in [-0.2, 0) is 6.54 Å². The van der Waals surface area contributed by atoms with E-state index in [0.29, 0.717) is 22.8 Å². The van der Waals surface area contributed by atoms with Crippen molar-refractivity contribution in [1.82, 2.24) is 4.57 Å². The van der Waals surface area contributed by atoms with Crippen LogP contribution in [0.1, 0.15) is 40.3 Å². The number of carboxylic acids is 1. The molecule has 1 aromatic heterocycles. The summed E-state index contributed by atoms with van der Waals surface area (Å²) < 4.78 is 1.63. The molecular formula is C17H15Cl2NO4. The molecular weight excluding hydrogens is 353 g/mol. The average Bonchev–Trinajstić information content (AvgIpc) is 2.48. The van der Waals surface area contributed by atoms with Crippen molar-refractivity contribution < 1.29 is 14.7 Å². The maximum atomic E-state index is 12.6. The normalized spacial score (nSPS) is 10.7. The van der Waals surface area contributed by atoms with Crippen LogP contribution in [0.2, 0.25) is 10.0 Å². The summed E-state index contributed by atoms with van der Waals surface area (Å²) in [5.74, 6) is -1.87. The first kappa shape index (κ1) is 18.2. The SMILES string of the molecule is CCn1c(C)c(C(C)=O)c(=O)c(C(=O)O)c1-c1ccc(Cl)c(Cl)c1. The molecule has 0 aliphatic carbocycles. The van der Waals surface area contributed by atoms with Crippen LogP contribution in [0.15, 0.2) is 23.0 Å². The molecule has 1 aromatic carbocycles. The van der Waals surface area contributed by atoms with Crippen molar-refractivity contribution in [3.05, 3.63) is 55.3 Å². The van der Waals surface area contributed by atoms with Crippen molar-refractivity contribution in [3.63, 3.8) is 0 Å². The summed E-state index contributed by atoms with van der Waals surface area (Å²) in [4.78, 5) is 36.2. The van der Waals surface area contributed by atoms with Crippen LogP contribution in [0.25, 0.3) is 11.3 Å². The number of hydrogen-bond donors (Lipinski definition) is 1. The van der Waals surface area contributed by atoms with E-state index >= 15 is 0 Å². The Labute approximate surface area is 148 Å². The van der Waals surface area contributed by atoms with E-state index in [4.69, 9.17) is 23.2 Å². The Morgan fingerprint density at radius 1 is 1.17 bits per heavy atom. The molecule has 1 heterocycles. The molecule has 0 bridgehead atoms. The van der Waals surface area contributed by atoms with Crippen molar-refractivity contribution >= 4 is 35.0 Å². The number of benzene rings is 1. The molecule has 2 rings (SSSR count). The van der Waals surface area contributed by atoms with Gasteiger partial charge in [-0.05, 0) is 32.9 Å². The molecule has 0 atom stereocenters. The molecule has 0 radical (unpaired) electrons. The van der Waals surface area contributed by atoms with Gasteiger partial charge in [0.15, 0.2) is 5.78 Å². The molecule has 0 aliphatic heterocycles. The highest BCUT2D eigenvalue weighted by atomic mass is 35.5. The zero-order valence-corrected chi connectivity index (χ0v) is 14.8. The molecule has 7 heteroatoms. The van der Waals surface area contributed by atoms with Crippen LogP contribution < -0.4 is 5.43 Å². The second-order valence-electron chi connectivity index (χ2n) is 5.25. The Morgan fingerprint density at radius 3 is 2.25 bits per heavy atom. The lowest BCUT2D eigenvalue weighted by Gasteiger charge is -2.20. The highest BCUT2D eigenvalue weighted by Crippen LogP contribution is 2.31. The van der Waals surface area contributed by atoms with E-state index in [1.54, 1.807) is 24.5 Å². The van der Waals surface area contributed by atoms with Gasteiger partial charge in [-0.3, -0.25) is 9.59 Å². The van der Waals surface area contributed by atoms with Crippen LogP contribution in [0.5, 0.6) is 0 Å². The summed E-state index contributed by atoms with van der Waals surface area (Å²) in [6.07, 6.45) is 0. The predicted octanol–water partition coefficient (Wildman–Crippen LogP) is 4.05. The zero-order chi connectivity index (χ0) is 18.2. The Hall–Kier alpha value is -2.11. The third-order valence-corrected chi connectivity index (χ3v) is 4.54. The van der Waals surface area contributed by atoms with E-state index in [1.165, 1.54) is 19.1 Å². The van der Waals surface area contributed by atoms with Crippen molar-refractivity contribution in [3.8, 4) is 11.3 Å². The molecule has 0 unspecified atom stereocenters. The zero-order valence-electron chi connectivity index (χ0n) is 13.3. The lowest BCUT2D eigenvalue weighted by Crippen LogP contribution is -2.28. The molecule has 24 heavy (non-hydrogen) atoms. The van der Waals surface area contributed by atoms with Crippen LogP contribution in [0.4, 0.5) is 0 Å². The second-order valence-corrected chi connectivity index (χ2v) is 6.06. The minimum absolute atomic E-state index is 0.113. The van der Waals surface area contributed by atoms with Gasteiger partial charge in [0.2, 0.25) is 5.43 Å². The number of carbonyl (C=O) groups is 2. The standard InChI is InChI=1S/C17H15Cl2NO4/c1-4-20-8(2)13(9(3)21)16(22)14(17(23)24)15(20)10-5-6-11(18)12(19)7-10/h5-7H,4H2,1-3H3,(H,23,24). The molecule has 0 amide bonds. The molecule has 2 aromatic rings. The van der Waals surface area contributed by atoms with Gasteiger partial charge < -0.3 is 9.67 Å². The fraction of sp³-hybridized carbons (Fsp3) is 0.235. The van der Waals surface area contributed by atoms with Crippen LogP contribution in [-0.4, -0.2) is 21.4 Å². The summed E-state index contributed by atoms with van der Waals surface area (Å²) in [6, 6.07) is 4.63. The molecule has 1 N–H and O–H groups in total. The number of halogens is 2. The summed E-state index contributed by atoms with van der Waals surface area (Å²) >= 11 is 11.9. The maximum Gasteiger partial charge on any atom is 0.341 e. The third kappa shape index (κ3) is 2.97. The maximum absolute atomic E-state index is 12.6. The fourth-order valence-electron chi connectivity index (χ4n) is 2.79. The number of nitrogens with zero attached hydrogens (tertiary/aromatic N) is 1. The van der Waals surface area contributed by atoms with Gasteiger partial charge in [0.25, 0.3) is 0 Å². The van der Waals surface area contributed by atoms with E-state index in [1.807, 2.05) is 0 Å². The van der Waals surface area contributed by atoms with Gasteiger partial charge in [-0.1, -0.05) is 29.3 Å². The number of carbonyl (C=O) groups excluding carboxylic acids is 1. The van der Waals surface area contributed by atoms with Gasteiger partial charge in [0.05, 0.1) is 21.3 Å². The number of aromatic nitrogens is 1. The molecule has 5 nitrogen and oxygen atoms in total. The van der Waals surface area contributed by atoms with Gasteiger partial charge in [0, 0.05) is 17.8 Å². The number of aromatic carboxylic acids is 1. The predicted molar refractivity (Wildman–Crippen MR) is 93.5 cm³/mol. The lowest BCUT2D eigenvalue weighted by molar-refractivity contribution is 0.0695. The molecule has 0 fully saturated rings. The van der Waals surface area contributed by atoms with Gasteiger partial charge >= 0.3 is 5.97 Å². The Bertz CT molecular complexity index is 916. The number of Topliss-reactive ketones (excluding diaryl/α,β-unsaturated/α-hetero) is 1. The minimum Gasteiger partial charge on any atom is -0.477 e. The highest BCUT2D eigenvalue weighted by Gasteiger charge is 2.26. The van der Waals surface area contributed by atoms with Crippen molar-refractivity contribution in [2.45, 2.75) is 27.3 Å². The van der Waals surface area contributed by atoms with Crippen molar-refractivity contribution in [2.24, 2.45) is 0 Å². The largest absolute Gasteiger partial charge is 0.477 e. The molecule has 0 saturated carbocycles. The minimum atomic E-state index is -1.40. The summed E-state index contributed by atoms with van der Waals surface area (Å²) in [6.45, 7) is 5.04. The Morgan fingerprint density at radius 2 is 1.79 bits per heavy atom. The number of hydrogen-bond acceptors (Lipinski definition) is 3. The molecule has 0 aliphatic rings. The van der Waals surface area contributed by atoms with E-state index in [2.05, 4.69) is 0 Å². The van der Waals surface area contributed by atoms with Crippen molar-refractivity contribution in [2.75, 3.05) is 0 Å². The van der Waals surface area contributed by atoms with E-state index in [9.17, 15) is 19.5 Å². The number of ketones is 1. The summed E-state index contributed by atoms with van der Waals surface area (Å²) in [5.41, 5.74) is -0.293. The first-order valence-corrected chi connectivity index (χ1v) is 7.93. The van der Waals surface area contributed by atoms with Gasteiger partial charge in [-0.25, -0.2) is 4.79 Å². The summed E-state index contributed by atoms with van der Waals surface area (Å²) in [5, 5.41) is 10.1. The van der Waals surface area contributed by atoms with Gasteiger partial charge in [0.1, 0.15) is 5.56 Å². The van der Waals surface area contributed by atoms with Crippen molar-refractivity contribution in [1.29, 1.82) is 0 Å². The van der Waals surface area contributed by atoms with E-state index in [0.717, 1.165) is 0 Å². The molecule has 0 spiro atoms. The smallest absolute Gasteiger partial charge is 0.341 e. The third-order valence-electron chi connectivity index (χ3n) is 3.80. The Balaban J connectivity index is 3.03.